The van der Waals surface area contributed by atoms with Gasteiger partial charge < -0.3 is 10.0 Å². The van der Waals surface area contributed by atoms with Crippen LogP contribution < -0.4 is 4.90 Å². The lowest BCUT2D eigenvalue weighted by atomic mass is 9.87. The van der Waals surface area contributed by atoms with E-state index in [2.05, 4.69) is 15.9 Å². The fourth-order valence-electron chi connectivity index (χ4n) is 4.41. The van der Waals surface area contributed by atoms with Crippen molar-refractivity contribution >= 4 is 44.1 Å². The summed E-state index contributed by atoms with van der Waals surface area (Å²) in [6.07, 6.45) is -0.325. The summed E-state index contributed by atoms with van der Waals surface area (Å²) < 4.78 is 0.738. The van der Waals surface area contributed by atoms with E-state index in [1.165, 1.54) is 0 Å². The number of amides is 1. The molecule has 4 aromatic rings. The van der Waals surface area contributed by atoms with Gasteiger partial charge in [-0.15, -0.1) is 0 Å². The molecule has 4 nitrogen and oxygen atoms in total. The topological polar surface area (TPSA) is 57.6 Å². The van der Waals surface area contributed by atoms with Crippen molar-refractivity contribution in [3.8, 4) is 0 Å². The minimum atomic E-state index is -1.93. The zero-order chi connectivity index (χ0) is 22.3. The first-order valence-corrected chi connectivity index (χ1v) is 11.2. The third-order valence-electron chi connectivity index (χ3n) is 5.98. The van der Waals surface area contributed by atoms with Gasteiger partial charge in [-0.3, -0.25) is 9.59 Å². The lowest BCUT2D eigenvalue weighted by molar-refractivity contribution is -0.136. The number of hydrogen-bond acceptors (Lipinski definition) is 3. The number of halogens is 1. The number of anilines is 1. The highest BCUT2D eigenvalue weighted by atomic mass is 79.9. The summed E-state index contributed by atoms with van der Waals surface area (Å²) in [6.45, 7) is 0.319. The SMILES string of the molecule is O=C(C[C@]1(O)C(=O)N(Cc2ccccc2)c2ccc(Br)cc21)c1cccc2ccccc12. The summed E-state index contributed by atoms with van der Waals surface area (Å²) in [5, 5.41) is 13.4. The second kappa shape index (κ2) is 8.01. The molecule has 158 valence electrons. The predicted octanol–water partition coefficient (Wildman–Crippen LogP) is 5.61. The van der Waals surface area contributed by atoms with E-state index in [1.807, 2.05) is 72.8 Å². The molecule has 1 amide bonds. The summed E-state index contributed by atoms with van der Waals surface area (Å²) in [6, 6.07) is 28.1. The first-order valence-electron chi connectivity index (χ1n) is 10.4. The number of nitrogens with zero attached hydrogens (tertiary/aromatic N) is 1. The molecule has 5 heteroatoms. The normalized spacial score (nSPS) is 17.6. The Kier molecular flexibility index (Phi) is 5.16. The molecular formula is C27H20BrNO3. The van der Waals surface area contributed by atoms with Gasteiger partial charge in [0.2, 0.25) is 0 Å². The van der Waals surface area contributed by atoms with Gasteiger partial charge in [-0.2, -0.15) is 0 Å². The van der Waals surface area contributed by atoms with Crippen molar-refractivity contribution in [1.29, 1.82) is 0 Å². The molecule has 0 saturated carbocycles. The number of fused-ring (bicyclic) bond motifs is 2. The Morgan fingerprint density at radius 1 is 0.906 bits per heavy atom. The molecule has 0 radical (unpaired) electrons. The average molecular weight is 486 g/mol. The van der Waals surface area contributed by atoms with Gasteiger partial charge in [0, 0.05) is 15.6 Å². The summed E-state index contributed by atoms with van der Waals surface area (Å²) >= 11 is 3.44. The Morgan fingerprint density at radius 2 is 1.62 bits per heavy atom. The zero-order valence-corrected chi connectivity index (χ0v) is 18.7. The Bertz CT molecular complexity index is 1350. The van der Waals surface area contributed by atoms with Gasteiger partial charge in [-0.1, -0.05) is 88.7 Å². The summed E-state index contributed by atoms with van der Waals surface area (Å²) in [5.41, 5.74) is 0.584. The van der Waals surface area contributed by atoms with Crippen LogP contribution in [-0.2, 0) is 16.9 Å². The van der Waals surface area contributed by atoms with Gasteiger partial charge in [-0.25, -0.2) is 0 Å². The Hall–Kier alpha value is -3.28. The molecule has 0 fully saturated rings. The van der Waals surface area contributed by atoms with Crippen LogP contribution in [0.25, 0.3) is 10.8 Å². The Balaban J connectivity index is 1.55. The molecule has 0 saturated heterocycles. The minimum Gasteiger partial charge on any atom is -0.375 e. The van der Waals surface area contributed by atoms with E-state index in [0.717, 1.165) is 20.8 Å². The summed E-state index contributed by atoms with van der Waals surface area (Å²) in [5.74, 6) is -0.756. The minimum absolute atomic E-state index is 0.273. The van der Waals surface area contributed by atoms with Gasteiger partial charge in [-0.05, 0) is 34.5 Å². The van der Waals surface area contributed by atoms with Gasteiger partial charge in [0.1, 0.15) is 0 Å². The maximum absolute atomic E-state index is 13.5. The second-order valence-corrected chi connectivity index (χ2v) is 8.94. The van der Waals surface area contributed by atoms with Gasteiger partial charge >= 0.3 is 0 Å². The first kappa shape index (κ1) is 20.6. The number of benzene rings is 4. The van der Waals surface area contributed by atoms with Crippen molar-refractivity contribution in [1.82, 2.24) is 0 Å². The monoisotopic (exact) mass is 485 g/mol. The van der Waals surface area contributed by atoms with Crippen LogP contribution in [0, 0.1) is 0 Å². The van der Waals surface area contributed by atoms with E-state index in [0.29, 0.717) is 23.4 Å². The fourth-order valence-corrected chi connectivity index (χ4v) is 4.77. The van der Waals surface area contributed by atoms with Crippen LogP contribution >= 0.6 is 15.9 Å². The van der Waals surface area contributed by atoms with Gasteiger partial charge in [0.05, 0.1) is 18.7 Å². The first-order chi connectivity index (χ1) is 15.5. The molecule has 0 aliphatic carbocycles. The molecule has 1 aliphatic rings. The molecule has 0 bridgehead atoms. The highest BCUT2D eigenvalue weighted by Gasteiger charge is 2.51. The summed E-state index contributed by atoms with van der Waals surface area (Å²) in [7, 11) is 0. The quantitative estimate of drug-likeness (QED) is 0.373. The number of Topliss-reactive ketones (excluding diaryl/α,β-unsaturated/α-hetero) is 1. The van der Waals surface area contributed by atoms with Crippen LogP contribution in [0.15, 0.2) is 95.5 Å². The highest BCUT2D eigenvalue weighted by molar-refractivity contribution is 9.10. The van der Waals surface area contributed by atoms with E-state index in [-0.39, 0.29) is 12.2 Å². The molecule has 5 rings (SSSR count). The van der Waals surface area contributed by atoms with Crippen LogP contribution in [0.1, 0.15) is 27.9 Å². The third kappa shape index (κ3) is 3.44. The standard InChI is InChI=1S/C27H20BrNO3/c28-20-13-14-24-23(15-20)27(32,26(31)29(24)17-18-7-2-1-3-8-18)16-25(30)22-12-6-10-19-9-4-5-11-21(19)22/h1-15,32H,16-17H2/t27-/m1/s1. The van der Waals surface area contributed by atoms with Gasteiger partial charge in [0.25, 0.3) is 5.91 Å². The number of aliphatic hydroxyl groups is 1. The van der Waals surface area contributed by atoms with Crippen LogP contribution in [0.4, 0.5) is 5.69 Å². The lowest BCUT2D eigenvalue weighted by Gasteiger charge is -2.23. The van der Waals surface area contributed by atoms with Crippen LogP contribution in [0.2, 0.25) is 0 Å². The molecule has 1 atom stereocenters. The van der Waals surface area contributed by atoms with E-state index >= 15 is 0 Å². The predicted molar refractivity (Wildman–Crippen MR) is 129 cm³/mol. The smallest absolute Gasteiger partial charge is 0.264 e. The van der Waals surface area contributed by atoms with Crippen molar-refractivity contribution in [2.75, 3.05) is 4.90 Å². The third-order valence-corrected chi connectivity index (χ3v) is 6.48. The average Bonchev–Trinajstić information content (AvgIpc) is 3.00. The van der Waals surface area contributed by atoms with E-state index in [4.69, 9.17) is 0 Å². The van der Waals surface area contributed by atoms with Crippen molar-refractivity contribution in [3.63, 3.8) is 0 Å². The zero-order valence-electron chi connectivity index (χ0n) is 17.2. The molecule has 0 spiro atoms. The Labute approximate surface area is 194 Å². The van der Waals surface area contributed by atoms with Crippen LogP contribution in [0.3, 0.4) is 0 Å². The maximum Gasteiger partial charge on any atom is 0.264 e. The van der Waals surface area contributed by atoms with Gasteiger partial charge in [0.15, 0.2) is 11.4 Å². The molecule has 1 N–H and O–H groups in total. The number of carbonyl (C=O) groups excluding carboxylic acids is 2. The van der Waals surface area contributed by atoms with E-state index in [9.17, 15) is 14.7 Å². The molecule has 0 aromatic heterocycles. The maximum atomic E-state index is 13.5. The van der Waals surface area contributed by atoms with Crippen LogP contribution in [0.5, 0.6) is 0 Å². The van der Waals surface area contributed by atoms with Crippen molar-refractivity contribution in [2.45, 2.75) is 18.6 Å². The van der Waals surface area contributed by atoms with E-state index < -0.39 is 11.5 Å². The summed E-state index contributed by atoms with van der Waals surface area (Å²) in [4.78, 5) is 28.5. The molecule has 32 heavy (non-hydrogen) atoms. The van der Waals surface area contributed by atoms with Crippen LogP contribution in [-0.4, -0.2) is 16.8 Å². The number of hydrogen-bond donors (Lipinski definition) is 1. The van der Waals surface area contributed by atoms with Crippen molar-refractivity contribution in [2.24, 2.45) is 0 Å². The second-order valence-electron chi connectivity index (χ2n) is 8.03. The van der Waals surface area contributed by atoms with Crippen molar-refractivity contribution < 1.29 is 14.7 Å². The molecule has 4 aromatic carbocycles. The number of ketones is 1. The molecule has 1 heterocycles. The molecule has 1 aliphatic heterocycles. The largest absolute Gasteiger partial charge is 0.375 e. The van der Waals surface area contributed by atoms with Crippen molar-refractivity contribution in [3.05, 3.63) is 112 Å². The number of carbonyl (C=O) groups is 2. The van der Waals surface area contributed by atoms with E-state index in [1.54, 1.807) is 23.1 Å². The Morgan fingerprint density at radius 3 is 2.44 bits per heavy atom. The molecule has 0 unspecified atom stereocenters. The highest BCUT2D eigenvalue weighted by Crippen LogP contribution is 2.45. The number of rotatable bonds is 5. The fraction of sp³-hybridized carbons (Fsp3) is 0.111. The molecular weight excluding hydrogens is 466 g/mol. The lowest BCUT2D eigenvalue weighted by Crippen LogP contribution is -2.41.